The first kappa shape index (κ1) is 12.1. The van der Waals surface area contributed by atoms with E-state index in [1.54, 1.807) is 0 Å². The molecule has 94 valence electrons. The molecule has 1 heterocycles. The number of anilines is 1. The number of rotatable bonds is 1. The fourth-order valence-corrected chi connectivity index (χ4v) is 1.83. The van der Waals surface area contributed by atoms with Gasteiger partial charge in [-0.1, -0.05) is 6.07 Å². The Bertz CT molecular complexity index is 424. The van der Waals surface area contributed by atoms with Gasteiger partial charge >= 0.3 is 12.1 Å². The predicted octanol–water partition coefficient (Wildman–Crippen LogP) is 3.70. The zero-order valence-electron chi connectivity index (χ0n) is 8.74. The molecule has 1 N–H and O–H groups in total. The second-order valence-electron chi connectivity index (χ2n) is 3.97. The largest absolute Gasteiger partial charge is 0.458 e. The minimum Gasteiger partial charge on any atom is -0.385 e. The normalized spacial score (nSPS) is 16.3. The van der Waals surface area contributed by atoms with Crippen LogP contribution in [0.15, 0.2) is 18.2 Å². The number of halogens is 5. The predicted molar refractivity (Wildman–Crippen MR) is 53.2 cm³/mol. The number of hydrogen-bond acceptors (Lipinski definition) is 1. The van der Waals surface area contributed by atoms with E-state index >= 15 is 0 Å². The summed E-state index contributed by atoms with van der Waals surface area (Å²) in [6, 6.07) is 3.04. The van der Waals surface area contributed by atoms with Gasteiger partial charge in [-0.05, 0) is 30.5 Å². The first-order valence-electron chi connectivity index (χ1n) is 5.14. The topological polar surface area (TPSA) is 12.0 Å². The Morgan fingerprint density at radius 1 is 1.06 bits per heavy atom. The molecule has 0 bridgehead atoms. The molecule has 0 aromatic heterocycles. The van der Waals surface area contributed by atoms with Crippen LogP contribution in [0.25, 0.3) is 0 Å². The van der Waals surface area contributed by atoms with E-state index in [4.69, 9.17) is 0 Å². The van der Waals surface area contributed by atoms with Gasteiger partial charge in [0.15, 0.2) is 0 Å². The van der Waals surface area contributed by atoms with Crippen molar-refractivity contribution in [3.05, 3.63) is 29.3 Å². The molecule has 0 saturated carbocycles. The standard InChI is InChI=1S/C11H10F5N/c12-10(13,11(14,15)16)8-3-4-9-7(6-8)2-1-5-17-9/h3-4,6,17H,1-2,5H2. The summed E-state index contributed by atoms with van der Waals surface area (Å²) >= 11 is 0. The fourth-order valence-electron chi connectivity index (χ4n) is 1.83. The maximum atomic E-state index is 13.1. The first-order valence-corrected chi connectivity index (χ1v) is 5.14. The van der Waals surface area contributed by atoms with Gasteiger partial charge in [-0.25, -0.2) is 0 Å². The lowest BCUT2D eigenvalue weighted by Gasteiger charge is -2.23. The molecule has 1 aromatic rings. The highest BCUT2D eigenvalue weighted by Gasteiger charge is 2.58. The smallest absolute Gasteiger partial charge is 0.385 e. The van der Waals surface area contributed by atoms with E-state index in [2.05, 4.69) is 5.32 Å². The zero-order chi connectivity index (χ0) is 12.7. The molecule has 0 spiro atoms. The van der Waals surface area contributed by atoms with E-state index in [1.807, 2.05) is 0 Å². The summed E-state index contributed by atoms with van der Waals surface area (Å²) < 4.78 is 62.7. The molecule has 2 rings (SSSR count). The van der Waals surface area contributed by atoms with Gasteiger partial charge in [0.1, 0.15) is 0 Å². The fraction of sp³-hybridized carbons (Fsp3) is 0.455. The second kappa shape index (κ2) is 3.85. The summed E-state index contributed by atoms with van der Waals surface area (Å²) in [4.78, 5) is 0. The minimum absolute atomic E-state index is 0.512. The van der Waals surface area contributed by atoms with E-state index in [1.165, 1.54) is 6.07 Å². The van der Waals surface area contributed by atoms with Crippen molar-refractivity contribution in [2.45, 2.75) is 24.9 Å². The van der Waals surface area contributed by atoms with Crippen molar-refractivity contribution in [2.24, 2.45) is 0 Å². The summed E-state index contributed by atoms with van der Waals surface area (Å²) in [5.41, 5.74) is 0.156. The highest BCUT2D eigenvalue weighted by atomic mass is 19.4. The van der Waals surface area contributed by atoms with Crippen molar-refractivity contribution in [1.82, 2.24) is 0 Å². The van der Waals surface area contributed by atoms with E-state index in [9.17, 15) is 22.0 Å². The Morgan fingerprint density at radius 2 is 1.76 bits per heavy atom. The first-order chi connectivity index (χ1) is 7.82. The van der Waals surface area contributed by atoms with Crippen LogP contribution in [-0.2, 0) is 12.3 Å². The molecule has 1 aliphatic heterocycles. The van der Waals surface area contributed by atoms with Crippen LogP contribution in [0.4, 0.5) is 27.6 Å². The third kappa shape index (κ3) is 2.08. The van der Waals surface area contributed by atoms with Crippen molar-refractivity contribution in [3.8, 4) is 0 Å². The van der Waals surface area contributed by atoms with Gasteiger partial charge in [0, 0.05) is 17.8 Å². The molecule has 6 heteroatoms. The lowest BCUT2D eigenvalue weighted by atomic mass is 9.98. The van der Waals surface area contributed by atoms with E-state index in [0.717, 1.165) is 18.6 Å². The van der Waals surface area contributed by atoms with Crippen molar-refractivity contribution in [1.29, 1.82) is 0 Å². The summed E-state index contributed by atoms with van der Waals surface area (Å²) in [7, 11) is 0. The van der Waals surface area contributed by atoms with E-state index in [-0.39, 0.29) is 0 Å². The molecule has 17 heavy (non-hydrogen) atoms. The van der Waals surface area contributed by atoms with E-state index in [0.29, 0.717) is 24.2 Å². The molecule has 1 aromatic carbocycles. The van der Waals surface area contributed by atoms with Crippen LogP contribution < -0.4 is 5.32 Å². The zero-order valence-corrected chi connectivity index (χ0v) is 8.74. The van der Waals surface area contributed by atoms with Crippen LogP contribution in [-0.4, -0.2) is 12.7 Å². The highest BCUT2D eigenvalue weighted by molar-refractivity contribution is 5.55. The summed E-state index contributed by atoms with van der Waals surface area (Å²) in [6.45, 7) is 0.710. The third-order valence-corrected chi connectivity index (χ3v) is 2.76. The van der Waals surface area contributed by atoms with Gasteiger partial charge in [-0.15, -0.1) is 0 Å². The Morgan fingerprint density at radius 3 is 2.41 bits per heavy atom. The van der Waals surface area contributed by atoms with E-state index < -0.39 is 17.7 Å². The van der Waals surface area contributed by atoms with Gasteiger partial charge in [0.25, 0.3) is 0 Å². The molecule has 1 nitrogen and oxygen atoms in total. The number of aryl methyl sites for hydroxylation is 1. The molecule has 0 aliphatic carbocycles. The van der Waals surface area contributed by atoms with Crippen molar-refractivity contribution in [2.75, 3.05) is 11.9 Å². The number of benzene rings is 1. The van der Waals surface area contributed by atoms with Crippen LogP contribution in [0.2, 0.25) is 0 Å². The van der Waals surface area contributed by atoms with Crippen LogP contribution in [0, 0.1) is 0 Å². The number of fused-ring (bicyclic) bond motifs is 1. The van der Waals surface area contributed by atoms with Crippen LogP contribution in [0.1, 0.15) is 17.5 Å². The molecule has 1 aliphatic rings. The van der Waals surface area contributed by atoms with Crippen LogP contribution in [0.3, 0.4) is 0 Å². The maximum Gasteiger partial charge on any atom is 0.458 e. The monoisotopic (exact) mass is 251 g/mol. The average Bonchev–Trinajstić information content (AvgIpc) is 2.27. The number of hydrogen-bond donors (Lipinski definition) is 1. The Kier molecular flexibility index (Phi) is 2.75. The summed E-state index contributed by atoms with van der Waals surface area (Å²) in [5, 5.41) is 2.95. The molecule has 0 fully saturated rings. The van der Waals surface area contributed by atoms with Crippen molar-refractivity contribution >= 4 is 5.69 Å². The van der Waals surface area contributed by atoms with Crippen molar-refractivity contribution in [3.63, 3.8) is 0 Å². The maximum absolute atomic E-state index is 13.1. The van der Waals surface area contributed by atoms with Gasteiger partial charge in [-0.2, -0.15) is 22.0 Å². The Labute approximate surface area is 94.6 Å². The lowest BCUT2D eigenvalue weighted by Crippen LogP contribution is -2.33. The molecular formula is C11H10F5N. The average molecular weight is 251 g/mol. The van der Waals surface area contributed by atoms with Gasteiger partial charge < -0.3 is 5.32 Å². The molecule has 0 radical (unpaired) electrons. The van der Waals surface area contributed by atoms with Crippen LogP contribution in [0.5, 0.6) is 0 Å². The molecule has 0 atom stereocenters. The SMILES string of the molecule is FC(F)(F)C(F)(F)c1ccc2c(c1)CCCN2. The molecule has 0 unspecified atom stereocenters. The third-order valence-electron chi connectivity index (χ3n) is 2.76. The lowest BCUT2D eigenvalue weighted by molar-refractivity contribution is -0.289. The Hall–Kier alpha value is -1.33. The summed E-state index contributed by atoms with van der Waals surface area (Å²) in [6.07, 6.45) is -4.30. The molecular weight excluding hydrogens is 241 g/mol. The van der Waals surface area contributed by atoms with Gasteiger partial charge in [-0.3, -0.25) is 0 Å². The quantitative estimate of drug-likeness (QED) is 0.750. The Balaban J connectivity index is 2.40. The summed E-state index contributed by atoms with van der Waals surface area (Å²) in [5.74, 6) is -4.79. The number of alkyl halides is 5. The minimum atomic E-state index is -5.55. The van der Waals surface area contributed by atoms with Gasteiger partial charge in [0.2, 0.25) is 0 Å². The molecule has 0 amide bonds. The highest BCUT2D eigenvalue weighted by Crippen LogP contribution is 2.44. The van der Waals surface area contributed by atoms with Gasteiger partial charge in [0.05, 0.1) is 0 Å². The van der Waals surface area contributed by atoms with Crippen molar-refractivity contribution < 1.29 is 22.0 Å². The number of nitrogens with one attached hydrogen (secondary N) is 1. The molecule has 0 saturated heterocycles. The second-order valence-corrected chi connectivity index (χ2v) is 3.97. The van der Waals surface area contributed by atoms with Crippen LogP contribution >= 0.6 is 0 Å².